The van der Waals surface area contributed by atoms with E-state index >= 15 is 0 Å². The smallest absolute Gasteiger partial charge is 0.0761 e. The summed E-state index contributed by atoms with van der Waals surface area (Å²) < 4.78 is 10.6. The maximum absolute atomic E-state index is 5.30. The number of hydrogen-bond acceptors (Lipinski definition) is 3. The highest BCUT2D eigenvalue weighted by molar-refractivity contribution is 4.94. The van der Waals surface area contributed by atoms with Crippen molar-refractivity contribution < 1.29 is 9.47 Å². The molecule has 0 aliphatic carbocycles. The molecule has 0 amide bonds. The van der Waals surface area contributed by atoms with E-state index in [2.05, 4.69) is 5.32 Å². The van der Waals surface area contributed by atoms with Crippen LogP contribution in [0.3, 0.4) is 0 Å². The molecule has 0 spiro atoms. The summed E-state index contributed by atoms with van der Waals surface area (Å²) >= 11 is 0. The maximum Gasteiger partial charge on any atom is 0.0761 e. The molecule has 0 bridgehead atoms. The Balaban J connectivity index is 2.01. The quantitative estimate of drug-likeness (QED) is 0.542. The normalized spacial score (nSPS) is 45.9. The van der Waals surface area contributed by atoms with Crippen LogP contribution < -0.4 is 5.32 Å². The number of fused-ring (bicyclic) bond motifs is 1. The minimum atomic E-state index is 0.382. The molecule has 3 atom stereocenters. The van der Waals surface area contributed by atoms with Crippen LogP contribution in [0.15, 0.2) is 0 Å². The van der Waals surface area contributed by atoms with E-state index in [0.717, 1.165) is 19.8 Å². The maximum atomic E-state index is 5.30. The van der Waals surface area contributed by atoms with Gasteiger partial charge in [0, 0.05) is 25.6 Å². The standard InChI is InChI=1S/C7H13NO2/c1-9-7-2-8-6-4-10-3-5(6)7/h5-8H,2-4H2,1H3. The van der Waals surface area contributed by atoms with E-state index in [0.29, 0.717) is 18.1 Å². The van der Waals surface area contributed by atoms with Crippen molar-refractivity contribution in [2.75, 3.05) is 26.9 Å². The van der Waals surface area contributed by atoms with Gasteiger partial charge in [0.25, 0.3) is 0 Å². The summed E-state index contributed by atoms with van der Waals surface area (Å²) in [7, 11) is 1.77. The van der Waals surface area contributed by atoms with Gasteiger partial charge in [0.1, 0.15) is 0 Å². The molecule has 0 saturated carbocycles. The van der Waals surface area contributed by atoms with Crippen molar-refractivity contribution in [1.82, 2.24) is 5.32 Å². The van der Waals surface area contributed by atoms with Gasteiger partial charge in [-0.2, -0.15) is 0 Å². The van der Waals surface area contributed by atoms with E-state index in [1.54, 1.807) is 7.11 Å². The minimum absolute atomic E-state index is 0.382. The molecule has 2 fully saturated rings. The van der Waals surface area contributed by atoms with Crippen LogP contribution in [0.25, 0.3) is 0 Å². The van der Waals surface area contributed by atoms with Gasteiger partial charge in [-0.25, -0.2) is 0 Å². The first-order valence-corrected chi connectivity index (χ1v) is 3.75. The van der Waals surface area contributed by atoms with Crippen LogP contribution in [-0.2, 0) is 9.47 Å². The Hall–Kier alpha value is -0.120. The summed E-state index contributed by atoms with van der Waals surface area (Å²) in [6.07, 6.45) is 0.382. The largest absolute Gasteiger partial charge is 0.380 e. The molecule has 0 aromatic carbocycles. The Bertz CT molecular complexity index is 129. The fourth-order valence-electron chi connectivity index (χ4n) is 1.82. The molecule has 3 unspecified atom stereocenters. The van der Waals surface area contributed by atoms with Crippen LogP contribution in [-0.4, -0.2) is 39.0 Å². The molecule has 3 heteroatoms. The lowest BCUT2D eigenvalue weighted by atomic mass is 10.0. The van der Waals surface area contributed by atoms with E-state index in [4.69, 9.17) is 9.47 Å². The van der Waals surface area contributed by atoms with Gasteiger partial charge < -0.3 is 14.8 Å². The second kappa shape index (κ2) is 2.49. The minimum Gasteiger partial charge on any atom is -0.380 e. The second-order valence-electron chi connectivity index (χ2n) is 2.99. The number of rotatable bonds is 1. The van der Waals surface area contributed by atoms with Crippen molar-refractivity contribution in [2.45, 2.75) is 12.1 Å². The number of nitrogens with one attached hydrogen (secondary N) is 1. The van der Waals surface area contributed by atoms with Crippen molar-refractivity contribution in [3.8, 4) is 0 Å². The lowest BCUT2D eigenvalue weighted by molar-refractivity contribution is 0.0637. The van der Waals surface area contributed by atoms with Crippen LogP contribution in [0.4, 0.5) is 0 Å². The Morgan fingerprint density at radius 2 is 2.40 bits per heavy atom. The number of methoxy groups -OCH3 is 1. The molecular weight excluding hydrogens is 130 g/mol. The fourth-order valence-corrected chi connectivity index (χ4v) is 1.82. The van der Waals surface area contributed by atoms with Crippen molar-refractivity contribution >= 4 is 0 Å². The first kappa shape index (κ1) is 6.58. The highest BCUT2D eigenvalue weighted by atomic mass is 16.5. The van der Waals surface area contributed by atoms with Gasteiger partial charge in [-0.3, -0.25) is 0 Å². The van der Waals surface area contributed by atoms with E-state index in [9.17, 15) is 0 Å². The summed E-state index contributed by atoms with van der Waals surface area (Å²) in [4.78, 5) is 0. The monoisotopic (exact) mass is 143 g/mol. The predicted molar refractivity (Wildman–Crippen MR) is 36.9 cm³/mol. The van der Waals surface area contributed by atoms with Crippen LogP contribution in [0.1, 0.15) is 0 Å². The Morgan fingerprint density at radius 3 is 3.20 bits per heavy atom. The molecule has 2 saturated heterocycles. The molecule has 2 aliphatic rings. The Labute approximate surface area is 60.7 Å². The molecular formula is C7H13NO2. The third-order valence-corrected chi connectivity index (χ3v) is 2.49. The average Bonchev–Trinajstić information content (AvgIpc) is 2.44. The summed E-state index contributed by atoms with van der Waals surface area (Å²) in [6.45, 7) is 2.73. The summed E-state index contributed by atoms with van der Waals surface area (Å²) in [5.74, 6) is 0.602. The molecule has 0 aromatic heterocycles. The highest BCUT2D eigenvalue weighted by Crippen LogP contribution is 2.24. The average molecular weight is 143 g/mol. The lowest BCUT2D eigenvalue weighted by Gasteiger charge is -2.12. The summed E-state index contributed by atoms with van der Waals surface area (Å²) in [5, 5.41) is 3.37. The van der Waals surface area contributed by atoms with Gasteiger partial charge >= 0.3 is 0 Å². The van der Waals surface area contributed by atoms with Gasteiger partial charge in [-0.15, -0.1) is 0 Å². The zero-order chi connectivity index (χ0) is 6.97. The van der Waals surface area contributed by atoms with Gasteiger partial charge in [-0.05, 0) is 0 Å². The van der Waals surface area contributed by atoms with Crippen LogP contribution in [0, 0.1) is 5.92 Å². The molecule has 2 rings (SSSR count). The zero-order valence-electron chi connectivity index (χ0n) is 6.17. The Morgan fingerprint density at radius 1 is 1.50 bits per heavy atom. The molecule has 10 heavy (non-hydrogen) atoms. The molecule has 3 nitrogen and oxygen atoms in total. The third kappa shape index (κ3) is 0.856. The van der Waals surface area contributed by atoms with Crippen LogP contribution in [0.5, 0.6) is 0 Å². The molecule has 2 aliphatic heterocycles. The van der Waals surface area contributed by atoms with E-state index in [1.807, 2.05) is 0 Å². The van der Waals surface area contributed by atoms with Gasteiger partial charge in [-0.1, -0.05) is 0 Å². The molecule has 0 aromatic rings. The topological polar surface area (TPSA) is 30.5 Å². The van der Waals surface area contributed by atoms with Gasteiger partial charge in [0.05, 0.1) is 19.3 Å². The SMILES string of the molecule is COC1CNC2COCC21. The zero-order valence-corrected chi connectivity index (χ0v) is 6.17. The number of hydrogen-bond donors (Lipinski definition) is 1. The van der Waals surface area contributed by atoms with Crippen molar-refractivity contribution in [3.63, 3.8) is 0 Å². The first-order valence-electron chi connectivity index (χ1n) is 3.75. The van der Waals surface area contributed by atoms with E-state index in [1.165, 1.54) is 0 Å². The molecule has 2 heterocycles. The number of ether oxygens (including phenoxy) is 2. The highest BCUT2D eigenvalue weighted by Gasteiger charge is 2.39. The molecule has 0 radical (unpaired) electrons. The van der Waals surface area contributed by atoms with E-state index < -0.39 is 0 Å². The first-order chi connectivity index (χ1) is 4.92. The van der Waals surface area contributed by atoms with Crippen molar-refractivity contribution in [1.29, 1.82) is 0 Å². The third-order valence-electron chi connectivity index (χ3n) is 2.49. The van der Waals surface area contributed by atoms with Gasteiger partial charge in [0.2, 0.25) is 0 Å². The lowest BCUT2D eigenvalue weighted by Crippen LogP contribution is -2.26. The fraction of sp³-hybridized carbons (Fsp3) is 1.00. The van der Waals surface area contributed by atoms with E-state index in [-0.39, 0.29) is 0 Å². The van der Waals surface area contributed by atoms with Crippen molar-refractivity contribution in [3.05, 3.63) is 0 Å². The van der Waals surface area contributed by atoms with Crippen molar-refractivity contribution in [2.24, 2.45) is 5.92 Å². The molecule has 1 N–H and O–H groups in total. The Kier molecular flexibility index (Phi) is 1.64. The van der Waals surface area contributed by atoms with Crippen LogP contribution >= 0.6 is 0 Å². The second-order valence-corrected chi connectivity index (χ2v) is 2.99. The predicted octanol–water partition coefficient (Wildman–Crippen LogP) is -0.380. The van der Waals surface area contributed by atoms with Crippen LogP contribution in [0.2, 0.25) is 0 Å². The van der Waals surface area contributed by atoms with Gasteiger partial charge in [0.15, 0.2) is 0 Å². The molecule has 58 valence electrons. The summed E-state index contributed by atoms with van der Waals surface area (Å²) in [5.41, 5.74) is 0. The summed E-state index contributed by atoms with van der Waals surface area (Å²) in [6, 6.07) is 0.560.